The minimum atomic E-state index is -0.504. The van der Waals surface area contributed by atoms with E-state index in [1.54, 1.807) is 24.3 Å². The Morgan fingerprint density at radius 2 is 2.08 bits per heavy atom. The fourth-order valence-electron chi connectivity index (χ4n) is 2.20. The molecule has 25 heavy (non-hydrogen) atoms. The molecule has 0 saturated heterocycles. The third-order valence-corrected chi connectivity index (χ3v) is 3.69. The van der Waals surface area contributed by atoms with Crippen molar-refractivity contribution in [2.45, 2.75) is 13.5 Å². The van der Waals surface area contributed by atoms with Crippen LogP contribution in [0.1, 0.15) is 17.0 Å². The fraction of sp³-hybridized carbons (Fsp3) is 0.105. The van der Waals surface area contributed by atoms with Crippen LogP contribution >= 0.6 is 11.6 Å². The Labute approximate surface area is 149 Å². The van der Waals surface area contributed by atoms with E-state index in [9.17, 15) is 4.79 Å². The van der Waals surface area contributed by atoms with Gasteiger partial charge in [0.1, 0.15) is 0 Å². The van der Waals surface area contributed by atoms with Gasteiger partial charge < -0.3 is 9.26 Å². The molecule has 1 aromatic heterocycles. The van der Waals surface area contributed by atoms with Gasteiger partial charge in [-0.05, 0) is 36.3 Å². The molecule has 3 rings (SSSR count). The Hall–Kier alpha value is -2.92. The first-order valence-corrected chi connectivity index (χ1v) is 7.98. The summed E-state index contributed by atoms with van der Waals surface area (Å²) in [6.45, 7) is 1.88. The fourth-order valence-corrected chi connectivity index (χ4v) is 2.40. The van der Waals surface area contributed by atoms with Crippen LogP contribution in [0.15, 0.2) is 59.1 Å². The van der Waals surface area contributed by atoms with E-state index in [1.807, 2.05) is 37.3 Å². The van der Waals surface area contributed by atoms with Gasteiger partial charge in [0.2, 0.25) is 5.82 Å². The van der Waals surface area contributed by atoms with Gasteiger partial charge in [-0.25, -0.2) is 4.79 Å². The van der Waals surface area contributed by atoms with Crippen molar-refractivity contribution in [3.8, 4) is 11.4 Å². The summed E-state index contributed by atoms with van der Waals surface area (Å²) in [5, 5.41) is 4.52. The first-order chi connectivity index (χ1) is 12.1. The standard InChI is InChI=1S/C19H15ClN2O3/c1-13-5-2-3-8-16(13)19-21-17(25-22-19)12-24-18(23)10-9-14-6-4-7-15(20)11-14/h2-11H,12H2,1H3/b10-9+. The number of aryl methyl sites for hydroxylation is 1. The number of esters is 1. The van der Waals surface area contributed by atoms with Gasteiger partial charge in [0.05, 0.1) is 0 Å². The second-order valence-electron chi connectivity index (χ2n) is 5.32. The highest BCUT2D eigenvalue weighted by atomic mass is 35.5. The van der Waals surface area contributed by atoms with Gasteiger partial charge in [-0.15, -0.1) is 0 Å². The molecule has 0 amide bonds. The Morgan fingerprint density at radius 1 is 1.24 bits per heavy atom. The third-order valence-electron chi connectivity index (χ3n) is 3.45. The van der Waals surface area contributed by atoms with Crippen LogP contribution in [0.25, 0.3) is 17.5 Å². The van der Waals surface area contributed by atoms with Gasteiger partial charge >= 0.3 is 5.97 Å². The molecule has 0 atom stereocenters. The summed E-state index contributed by atoms with van der Waals surface area (Å²) < 4.78 is 10.2. The lowest BCUT2D eigenvalue weighted by molar-refractivity contribution is -0.139. The molecule has 0 N–H and O–H groups in total. The smallest absolute Gasteiger partial charge is 0.331 e. The van der Waals surface area contributed by atoms with Crippen LogP contribution < -0.4 is 0 Å². The van der Waals surface area contributed by atoms with E-state index in [0.29, 0.717) is 10.8 Å². The molecule has 0 aliphatic heterocycles. The molecule has 0 fully saturated rings. The Bertz CT molecular complexity index is 918. The molecule has 3 aromatic rings. The molecule has 0 aliphatic rings. The van der Waals surface area contributed by atoms with E-state index in [0.717, 1.165) is 16.7 Å². The molecule has 0 unspecified atom stereocenters. The van der Waals surface area contributed by atoms with Crippen molar-refractivity contribution in [2.75, 3.05) is 0 Å². The summed E-state index contributed by atoms with van der Waals surface area (Å²) in [5.74, 6) is 0.206. The second kappa shape index (κ2) is 7.77. The highest BCUT2D eigenvalue weighted by molar-refractivity contribution is 6.30. The average molecular weight is 355 g/mol. The molecule has 2 aromatic carbocycles. The zero-order valence-electron chi connectivity index (χ0n) is 13.5. The van der Waals surface area contributed by atoms with E-state index >= 15 is 0 Å². The monoisotopic (exact) mass is 354 g/mol. The maximum Gasteiger partial charge on any atom is 0.331 e. The number of ether oxygens (including phenoxy) is 1. The Morgan fingerprint density at radius 3 is 2.88 bits per heavy atom. The predicted octanol–water partition coefficient (Wildman–Crippen LogP) is 4.46. The number of carbonyl (C=O) groups excluding carboxylic acids is 1. The molecule has 0 aliphatic carbocycles. The summed E-state index contributed by atoms with van der Waals surface area (Å²) in [6.07, 6.45) is 2.95. The molecule has 126 valence electrons. The molecule has 0 saturated carbocycles. The van der Waals surface area contributed by atoms with Gasteiger partial charge in [0, 0.05) is 16.7 Å². The number of aromatic nitrogens is 2. The van der Waals surface area contributed by atoms with Crippen LogP contribution in [0.3, 0.4) is 0 Å². The number of rotatable bonds is 5. The van der Waals surface area contributed by atoms with E-state index in [4.69, 9.17) is 20.9 Å². The molecule has 5 nitrogen and oxygen atoms in total. The highest BCUT2D eigenvalue weighted by Gasteiger charge is 2.11. The highest BCUT2D eigenvalue weighted by Crippen LogP contribution is 2.20. The molecular formula is C19H15ClN2O3. The van der Waals surface area contributed by atoms with E-state index in [1.165, 1.54) is 6.08 Å². The van der Waals surface area contributed by atoms with Gasteiger partial charge in [-0.1, -0.05) is 53.2 Å². The van der Waals surface area contributed by atoms with Crippen LogP contribution in [0.5, 0.6) is 0 Å². The van der Waals surface area contributed by atoms with E-state index in [2.05, 4.69) is 10.1 Å². The molecule has 1 heterocycles. The lowest BCUT2D eigenvalue weighted by atomic mass is 10.1. The maximum atomic E-state index is 11.8. The van der Waals surface area contributed by atoms with Crippen molar-refractivity contribution < 1.29 is 14.1 Å². The minimum absolute atomic E-state index is 0.0857. The number of halogens is 1. The number of hydrogen-bond donors (Lipinski definition) is 0. The topological polar surface area (TPSA) is 65.2 Å². The van der Waals surface area contributed by atoms with Crippen molar-refractivity contribution >= 4 is 23.6 Å². The first kappa shape index (κ1) is 16.9. The third kappa shape index (κ3) is 4.55. The molecule has 6 heteroatoms. The van der Waals surface area contributed by atoms with E-state index < -0.39 is 5.97 Å². The van der Waals surface area contributed by atoms with Gasteiger partial charge in [-0.3, -0.25) is 0 Å². The Kier molecular flexibility index (Phi) is 5.26. The van der Waals surface area contributed by atoms with Crippen LogP contribution in [-0.4, -0.2) is 16.1 Å². The molecule has 0 radical (unpaired) electrons. The zero-order chi connectivity index (χ0) is 17.6. The second-order valence-corrected chi connectivity index (χ2v) is 5.76. The SMILES string of the molecule is Cc1ccccc1-c1noc(COC(=O)/C=C/c2cccc(Cl)c2)n1. The van der Waals surface area contributed by atoms with Crippen molar-refractivity contribution in [3.05, 3.63) is 76.6 Å². The van der Waals surface area contributed by atoms with Crippen molar-refractivity contribution in [2.24, 2.45) is 0 Å². The van der Waals surface area contributed by atoms with Gasteiger partial charge in [0.25, 0.3) is 5.89 Å². The van der Waals surface area contributed by atoms with Crippen LogP contribution in [-0.2, 0) is 16.1 Å². The summed E-state index contributed by atoms with van der Waals surface area (Å²) in [4.78, 5) is 16.0. The number of hydrogen-bond acceptors (Lipinski definition) is 5. The van der Waals surface area contributed by atoms with Gasteiger partial charge in [0.15, 0.2) is 6.61 Å². The summed E-state index contributed by atoms with van der Waals surface area (Å²) in [7, 11) is 0. The number of carbonyl (C=O) groups is 1. The first-order valence-electron chi connectivity index (χ1n) is 7.61. The lowest BCUT2D eigenvalue weighted by Gasteiger charge is -1.98. The average Bonchev–Trinajstić information content (AvgIpc) is 3.07. The summed E-state index contributed by atoms with van der Waals surface area (Å²) >= 11 is 5.89. The van der Waals surface area contributed by atoms with Crippen molar-refractivity contribution in [1.82, 2.24) is 10.1 Å². The lowest BCUT2D eigenvalue weighted by Crippen LogP contribution is -2.01. The van der Waals surface area contributed by atoms with Crippen LogP contribution in [0, 0.1) is 6.92 Å². The number of nitrogens with zero attached hydrogens (tertiary/aromatic N) is 2. The van der Waals surface area contributed by atoms with E-state index in [-0.39, 0.29) is 12.5 Å². The Balaban J connectivity index is 1.59. The zero-order valence-corrected chi connectivity index (χ0v) is 14.2. The van der Waals surface area contributed by atoms with Crippen LogP contribution in [0.4, 0.5) is 0 Å². The largest absolute Gasteiger partial charge is 0.452 e. The normalized spacial score (nSPS) is 11.0. The predicted molar refractivity (Wildman–Crippen MR) is 94.8 cm³/mol. The van der Waals surface area contributed by atoms with Gasteiger partial charge in [-0.2, -0.15) is 4.98 Å². The summed E-state index contributed by atoms with van der Waals surface area (Å²) in [5.41, 5.74) is 2.73. The number of benzene rings is 2. The maximum absolute atomic E-state index is 11.8. The molecule has 0 spiro atoms. The molecule has 0 bridgehead atoms. The quantitative estimate of drug-likeness (QED) is 0.500. The minimum Gasteiger partial charge on any atom is -0.452 e. The van der Waals surface area contributed by atoms with Crippen molar-refractivity contribution in [3.63, 3.8) is 0 Å². The summed E-state index contributed by atoms with van der Waals surface area (Å²) in [6, 6.07) is 14.9. The molecular weight excluding hydrogens is 340 g/mol. The van der Waals surface area contributed by atoms with Crippen LogP contribution in [0.2, 0.25) is 5.02 Å². The van der Waals surface area contributed by atoms with Crippen molar-refractivity contribution in [1.29, 1.82) is 0 Å².